The summed E-state index contributed by atoms with van der Waals surface area (Å²) >= 11 is 5.21. The second kappa shape index (κ2) is 5.27. The Labute approximate surface area is 107 Å². The van der Waals surface area contributed by atoms with Crippen molar-refractivity contribution < 1.29 is 9.90 Å². The lowest BCUT2D eigenvalue weighted by Gasteiger charge is -2.28. The van der Waals surface area contributed by atoms with Crippen molar-refractivity contribution >= 4 is 23.2 Å². The fourth-order valence-electron chi connectivity index (χ4n) is 1.45. The maximum Gasteiger partial charge on any atom is 0.326 e. The molecule has 0 radical (unpaired) electrons. The Kier molecular flexibility index (Phi) is 4.23. The van der Waals surface area contributed by atoms with Crippen LogP contribution >= 0.6 is 12.2 Å². The van der Waals surface area contributed by atoms with Crippen LogP contribution in [0, 0.1) is 5.41 Å². The minimum Gasteiger partial charge on any atom is -0.480 e. The van der Waals surface area contributed by atoms with Gasteiger partial charge in [-0.3, -0.25) is 0 Å². The lowest BCUT2D eigenvalue weighted by Crippen LogP contribution is -2.48. The lowest BCUT2D eigenvalue weighted by molar-refractivity contribution is -0.141. The van der Waals surface area contributed by atoms with Crippen molar-refractivity contribution in [3.63, 3.8) is 0 Å². The summed E-state index contributed by atoms with van der Waals surface area (Å²) < 4.78 is 0. The van der Waals surface area contributed by atoms with Gasteiger partial charge in [0.05, 0.1) is 0 Å². The third-order valence-electron chi connectivity index (χ3n) is 2.42. The van der Waals surface area contributed by atoms with E-state index in [1.54, 1.807) is 0 Å². The van der Waals surface area contributed by atoms with Crippen molar-refractivity contribution in [1.82, 2.24) is 5.32 Å². The molecule has 2 N–H and O–H groups in total. The molecule has 0 aliphatic carbocycles. The normalized spacial score (nSPS) is 12.9. The highest BCUT2D eigenvalue weighted by Gasteiger charge is 2.31. The van der Waals surface area contributed by atoms with E-state index in [0.717, 1.165) is 5.56 Å². The first-order valence-corrected chi connectivity index (χ1v) is 5.82. The van der Waals surface area contributed by atoms with Gasteiger partial charge in [0.2, 0.25) is 0 Å². The Morgan fingerprint density at radius 1 is 1.29 bits per heavy atom. The highest BCUT2D eigenvalue weighted by molar-refractivity contribution is 7.80. The quantitative estimate of drug-likeness (QED) is 0.810. The zero-order valence-corrected chi connectivity index (χ0v) is 11.0. The second-order valence-corrected chi connectivity index (χ2v) is 5.39. The fourth-order valence-corrected chi connectivity index (χ4v) is 1.71. The highest BCUT2D eigenvalue weighted by Crippen LogP contribution is 2.20. The Hall–Kier alpha value is -1.42. The molecule has 0 fully saturated rings. The van der Waals surface area contributed by atoms with Crippen LogP contribution in [0.25, 0.3) is 0 Å². The highest BCUT2D eigenvalue weighted by atomic mass is 32.1. The van der Waals surface area contributed by atoms with Gasteiger partial charge in [0.1, 0.15) is 11.0 Å². The van der Waals surface area contributed by atoms with Crippen LogP contribution in [-0.4, -0.2) is 22.1 Å². The van der Waals surface area contributed by atoms with Gasteiger partial charge in [-0.2, -0.15) is 0 Å². The summed E-state index contributed by atoms with van der Waals surface area (Å²) in [6, 6.07) is 8.65. The number of hydrogen-bond acceptors (Lipinski definition) is 2. The number of carboxylic acids is 1. The van der Waals surface area contributed by atoms with E-state index in [-0.39, 0.29) is 0 Å². The maximum atomic E-state index is 11.2. The molecule has 0 saturated carbocycles. The van der Waals surface area contributed by atoms with Crippen LogP contribution in [0.1, 0.15) is 26.3 Å². The predicted molar refractivity (Wildman–Crippen MR) is 72.2 cm³/mol. The molecule has 0 saturated heterocycles. The second-order valence-electron chi connectivity index (χ2n) is 4.98. The number of rotatable bonds is 3. The molecule has 17 heavy (non-hydrogen) atoms. The number of carbonyl (C=O) groups is 1. The third-order valence-corrected chi connectivity index (χ3v) is 2.78. The average Bonchev–Trinajstić information content (AvgIpc) is 2.24. The van der Waals surface area contributed by atoms with Gasteiger partial charge in [-0.15, -0.1) is 0 Å². The van der Waals surface area contributed by atoms with Crippen LogP contribution in [0.2, 0.25) is 0 Å². The minimum atomic E-state index is -0.893. The van der Waals surface area contributed by atoms with Gasteiger partial charge < -0.3 is 10.4 Å². The molecule has 1 aromatic rings. The molecule has 1 aromatic carbocycles. The van der Waals surface area contributed by atoms with Crippen molar-refractivity contribution in [2.75, 3.05) is 0 Å². The number of hydrogen-bond donors (Lipinski definition) is 2. The van der Waals surface area contributed by atoms with E-state index in [0.29, 0.717) is 4.99 Å². The number of benzene rings is 1. The van der Waals surface area contributed by atoms with Crippen molar-refractivity contribution in [1.29, 1.82) is 0 Å². The fraction of sp³-hybridized carbons (Fsp3) is 0.385. The summed E-state index contributed by atoms with van der Waals surface area (Å²) in [5, 5.41) is 12.1. The molecular weight excluding hydrogens is 234 g/mol. The van der Waals surface area contributed by atoms with E-state index < -0.39 is 17.4 Å². The van der Waals surface area contributed by atoms with Crippen LogP contribution in [0.3, 0.4) is 0 Å². The number of aliphatic carboxylic acids is 1. The monoisotopic (exact) mass is 251 g/mol. The predicted octanol–water partition coefficient (Wildman–Crippen LogP) is 2.45. The summed E-state index contributed by atoms with van der Waals surface area (Å²) in [5.74, 6) is -0.893. The minimum absolute atomic E-state index is 0.398. The first-order valence-electron chi connectivity index (χ1n) is 5.41. The molecular formula is C13H17NO2S. The van der Waals surface area contributed by atoms with E-state index in [1.807, 2.05) is 51.1 Å². The largest absolute Gasteiger partial charge is 0.480 e. The molecule has 3 nitrogen and oxygen atoms in total. The molecule has 1 rings (SSSR count). The summed E-state index contributed by atoms with van der Waals surface area (Å²) in [4.78, 5) is 11.7. The number of thiocarbonyl (C=S) groups is 1. The van der Waals surface area contributed by atoms with Gasteiger partial charge in [-0.1, -0.05) is 63.3 Å². The van der Waals surface area contributed by atoms with Gasteiger partial charge in [0.15, 0.2) is 0 Å². The van der Waals surface area contributed by atoms with E-state index >= 15 is 0 Å². The van der Waals surface area contributed by atoms with Gasteiger partial charge in [0.25, 0.3) is 0 Å². The summed E-state index contributed by atoms with van der Waals surface area (Å²) in [5.41, 5.74) is 0.433. The van der Waals surface area contributed by atoms with Crippen molar-refractivity contribution in [3.8, 4) is 0 Å². The first-order chi connectivity index (χ1) is 7.82. The molecule has 0 amide bonds. The Morgan fingerprint density at radius 2 is 1.82 bits per heavy atom. The maximum absolute atomic E-state index is 11.2. The average molecular weight is 251 g/mol. The van der Waals surface area contributed by atoms with E-state index in [4.69, 9.17) is 12.2 Å². The number of nitrogens with one attached hydrogen (secondary N) is 1. The molecule has 0 spiro atoms. The third kappa shape index (κ3) is 3.82. The summed E-state index contributed by atoms with van der Waals surface area (Å²) in [6.45, 7) is 5.60. The van der Waals surface area contributed by atoms with E-state index in [2.05, 4.69) is 5.32 Å². The lowest BCUT2D eigenvalue weighted by atomic mass is 9.86. The van der Waals surface area contributed by atoms with Gasteiger partial charge in [-0.05, 0) is 5.41 Å². The molecule has 0 bridgehead atoms. The van der Waals surface area contributed by atoms with Gasteiger partial charge in [0, 0.05) is 5.56 Å². The zero-order valence-electron chi connectivity index (χ0n) is 10.2. The first kappa shape index (κ1) is 13.6. The smallest absolute Gasteiger partial charge is 0.326 e. The Morgan fingerprint density at radius 3 is 2.24 bits per heavy atom. The van der Waals surface area contributed by atoms with E-state index in [9.17, 15) is 9.90 Å². The van der Waals surface area contributed by atoms with Crippen molar-refractivity contribution in [2.24, 2.45) is 5.41 Å². The zero-order chi connectivity index (χ0) is 13.1. The summed E-state index contributed by atoms with van der Waals surface area (Å²) in [7, 11) is 0. The number of carboxylic acid groups (broad SMARTS) is 1. The molecule has 0 aliphatic rings. The molecule has 0 aliphatic heterocycles. The van der Waals surface area contributed by atoms with Crippen LogP contribution in [0.4, 0.5) is 0 Å². The van der Waals surface area contributed by atoms with Crippen LogP contribution in [-0.2, 0) is 4.79 Å². The van der Waals surface area contributed by atoms with E-state index in [1.165, 1.54) is 0 Å². The molecule has 0 aromatic heterocycles. The summed E-state index contributed by atoms with van der Waals surface area (Å²) in [6.07, 6.45) is 0. The van der Waals surface area contributed by atoms with Crippen molar-refractivity contribution in [2.45, 2.75) is 26.8 Å². The van der Waals surface area contributed by atoms with Crippen molar-refractivity contribution in [3.05, 3.63) is 35.9 Å². The molecule has 92 valence electrons. The SMILES string of the molecule is CC(C)(C)[C@H](NC(=S)c1ccccc1)C(=O)O. The topological polar surface area (TPSA) is 49.3 Å². The Bertz CT molecular complexity index is 409. The van der Waals surface area contributed by atoms with Gasteiger partial charge in [-0.25, -0.2) is 4.79 Å². The molecule has 1 atom stereocenters. The van der Waals surface area contributed by atoms with Gasteiger partial charge >= 0.3 is 5.97 Å². The van der Waals surface area contributed by atoms with Crippen LogP contribution in [0.15, 0.2) is 30.3 Å². The molecule has 0 heterocycles. The van der Waals surface area contributed by atoms with Crippen LogP contribution in [0.5, 0.6) is 0 Å². The molecule has 0 unspecified atom stereocenters. The standard InChI is InChI=1S/C13H17NO2S/c1-13(2,3)10(12(15)16)14-11(17)9-7-5-4-6-8-9/h4-8,10H,1-3H3,(H,14,17)(H,15,16)/t10-/m1/s1. The Balaban J connectivity index is 2.83. The molecule has 4 heteroatoms. The van der Waals surface area contributed by atoms with Crippen LogP contribution < -0.4 is 5.32 Å².